The maximum Gasteiger partial charge on any atom is 0.244 e. The molecule has 1 aromatic heterocycles. The number of rotatable bonds is 7. The highest BCUT2D eigenvalue weighted by molar-refractivity contribution is 7.89. The lowest BCUT2D eigenvalue weighted by atomic mass is 10.1. The molecular weight excluding hydrogens is 262 g/mol. The summed E-state index contributed by atoms with van der Waals surface area (Å²) in [6, 6.07) is 1.69. The maximum absolute atomic E-state index is 12.3. The fourth-order valence-electron chi connectivity index (χ4n) is 2.09. The second-order valence-electron chi connectivity index (χ2n) is 5.08. The first-order valence-corrected chi connectivity index (χ1v) is 8.19. The van der Waals surface area contributed by atoms with Crippen LogP contribution in [0.25, 0.3) is 0 Å². The predicted octanol–water partition coefficient (Wildman–Crippen LogP) is 1.98. The largest absolute Gasteiger partial charge is 0.384 e. The summed E-state index contributed by atoms with van der Waals surface area (Å²) in [6.07, 6.45) is 6.22. The minimum atomic E-state index is -3.49. The van der Waals surface area contributed by atoms with Crippen LogP contribution >= 0.6 is 0 Å². The van der Waals surface area contributed by atoms with Gasteiger partial charge in [0.05, 0.1) is 5.69 Å². The second kappa shape index (κ2) is 5.46. The quantitative estimate of drug-likeness (QED) is 0.802. The zero-order valence-corrected chi connectivity index (χ0v) is 12.3. The van der Waals surface area contributed by atoms with Crippen molar-refractivity contribution in [3.63, 3.8) is 0 Å². The number of hydrogen-bond acceptors (Lipinski definition) is 4. The molecule has 0 radical (unpaired) electrons. The highest BCUT2D eigenvalue weighted by atomic mass is 32.2. The molecule has 0 aliphatic heterocycles. The summed E-state index contributed by atoms with van der Waals surface area (Å²) < 4.78 is 27.4. The van der Waals surface area contributed by atoms with Gasteiger partial charge in [0.2, 0.25) is 10.0 Å². The van der Waals surface area contributed by atoms with Crippen LogP contribution < -0.4 is 10.0 Å². The molecule has 1 fully saturated rings. The molecule has 0 atom stereocenters. The van der Waals surface area contributed by atoms with Crippen LogP contribution in [0.4, 0.5) is 5.69 Å². The maximum atomic E-state index is 12.3. The van der Waals surface area contributed by atoms with E-state index in [2.05, 4.69) is 21.9 Å². The van der Waals surface area contributed by atoms with E-state index in [1.807, 2.05) is 6.92 Å². The minimum Gasteiger partial charge on any atom is -0.384 e. The summed E-state index contributed by atoms with van der Waals surface area (Å²) >= 11 is 0. The average molecular weight is 283 g/mol. The fourth-order valence-corrected chi connectivity index (χ4v) is 3.37. The normalized spacial score (nSPS) is 17.2. The summed E-state index contributed by atoms with van der Waals surface area (Å²) in [5.41, 5.74) is 0.791. The summed E-state index contributed by atoms with van der Waals surface area (Å²) in [7, 11) is -3.49. The number of anilines is 1. The van der Waals surface area contributed by atoms with Crippen molar-refractivity contribution in [3.8, 4) is 0 Å². The van der Waals surface area contributed by atoms with Gasteiger partial charge in [-0.1, -0.05) is 6.92 Å². The van der Waals surface area contributed by atoms with Crippen molar-refractivity contribution in [1.29, 1.82) is 0 Å². The molecule has 6 heteroatoms. The zero-order chi connectivity index (χ0) is 13.9. The standard InChI is InChI=1S/C13H21N3O2S/c1-3-13(6-7-13)10-16-19(17,18)12-9-14-8-5-11(12)15-4-2/h5,8-9,16H,3-4,6-7,10H2,1-2H3,(H,14,15). The SMILES string of the molecule is CCNc1ccncc1S(=O)(=O)NCC1(CC)CC1. The van der Waals surface area contributed by atoms with Crippen molar-refractivity contribution in [2.24, 2.45) is 5.41 Å². The molecule has 1 aromatic rings. The monoisotopic (exact) mass is 283 g/mol. The van der Waals surface area contributed by atoms with Crippen molar-refractivity contribution in [2.45, 2.75) is 38.0 Å². The van der Waals surface area contributed by atoms with Gasteiger partial charge < -0.3 is 5.32 Å². The lowest BCUT2D eigenvalue weighted by Crippen LogP contribution is -2.30. The van der Waals surface area contributed by atoms with Crippen molar-refractivity contribution in [3.05, 3.63) is 18.5 Å². The molecule has 0 unspecified atom stereocenters. The van der Waals surface area contributed by atoms with Gasteiger partial charge in [-0.3, -0.25) is 4.98 Å². The van der Waals surface area contributed by atoms with Gasteiger partial charge in [0.15, 0.2) is 0 Å². The lowest BCUT2D eigenvalue weighted by Gasteiger charge is -2.15. The van der Waals surface area contributed by atoms with E-state index < -0.39 is 10.0 Å². The molecule has 0 aromatic carbocycles. The number of aromatic nitrogens is 1. The van der Waals surface area contributed by atoms with Crippen molar-refractivity contribution >= 4 is 15.7 Å². The molecule has 0 spiro atoms. The number of nitrogens with one attached hydrogen (secondary N) is 2. The Morgan fingerprint density at radius 1 is 1.37 bits per heavy atom. The van der Waals surface area contributed by atoms with Crippen LogP contribution in [0.5, 0.6) is 0 Å². The number of pyridine rings is 1. The Bertz CT molecular complexity index is 539. The van der Waals surface area contributed by atoms with E-state index in [0.29, 0.717) is 18.8 Å². The van der Waals surface area contributed by atoms with Crippen LogP contribution in [0.2, 0.25) is 0 Å². The zero-order valence-electron chi connectivity index (χ0n) is 11.4. The van der Waals surface area contributed by atoms with E-state index >= 15 is 0 Å². The Kier molecular flexibility index (Phi) is 4.10. The molecule has 0 saturated heterocycles. The minimum absolute atomic E-state index is 0.188. The Balaban J connectivity index is 2.15. The van der Waals surface area contributed by atoms with Crippen LogP contribution in [0.1, 0.15) is 33.1 Å². The van der Waals surface area contributed by atoms with Crippen LogP contribution in [0, 0.1) is 5.41 Å². The Morgan fingerprint density at radius 3 is 2.68 bits per heavy atom. The van der Waals surface area contributed by atoms with Crippen molar-refractivity contribution in [1.82, 2.24) is 9.71 Å². The van der Waals surface area contributed by atoms with Gasteiger partial charge in [-0.25, -0.2) is 13.1 Å². The molecule has 5 nitrogen and oxygen atoms in total. The van der Waals surface area contributed by atoms with Gasteiger partial charge >= 0.3 is 0 Å². The Morgan fingerprint density at radius 2 is 2.11 bits per heavy atom. The first-order chi connectivity index (χ1) is 9.03. The van der Waals surface area contributed by atoms with Gasteiger partial charge in [-0.05, 0) is 37.7 Å². The van der Waals surface area contributed by atoms with Gasteiger partial charge in [0.1, 0.15) is 4.90 Å². The summed E-state index contributed by atoms with van der Waals surface area (Å²) in [5.74, 6) is 0. The summed E-state index contributed by atoms with van der Waals surface area (Å²) in [4.78, 5) is 4.14. The third-order valence-electron chi connectivity index (χ3n) is 3.79. The summed E-state index contributed by atoms with van der Waals surface area (Å²) in [6.45, 7) is 5.23. The molecule has 0 amide bonds. The third kappa shape index (κ3) is 3.25. The average Bonchev–Trinajstić information content (AvgIpc) is 3.18. The second-order valence-corrected chi connectivity index (χ2v) is 6.82. The molecule has 2 N–H and O–H groups in total. The molecule has 2 rings (SSSR count). The van der Waals surface area contributed by atoms with E-state index in [1.165, 1.54) is 6.20 Å². The van der Waals surface area contributed by atoms with Gasteiger partial charge in [0.25, 0.3) is 0 Å². The van der Waals surface area contributed by atoms with E-state index in [0.717, 1.165) is 19.3 Å². The fraction of sp³-hybridized carbons (Fsp3) is 0.615. The number of sulfonamides is 1. The van der Waals surface area contributed by atoms with Gasteiger partial charge in [-0.2, -0.15) is 0 Å². The van der Waals surface area contributed by atoms with Gasteiger partial charge in [0, 0.05) is 25.5 Å². The van der Waals surface area contributed by atoms with E-state index in [1.54, 1.807) is 12.3 Å². The molecule has 1 heterocycles. The predicted molar refractivity (Wildman–Crippen MR) is 75.5 cm³/mol. The first kappa shape index (κ1) is 14.3. The Labute approximate surface area is 114 Å². The van der Waals surface area contributed by atoms with Crippen LogP contribution in [-0.4, -0.2) is 26.5 Å². The van der Waals surface area contributed by atoms with Gasteiger partial charge in [-0.15, -0.1) is 0 Å². The molecule has 1 saturated carbocycles. The first-order valence-electron chi connectivity index (χ1n) is 6.70. The highest BCUT2D eigenvalue weighted by Crippen LogP contribution is 2.48. The molecule has 1 aliphatic rings. The van der Waals surface area contributed by atoms with Crippen molar-refractivity contribution in [2.75, 3.05) is 18.4 Å². The molecule has 0 bridgehead atoms. The van der Waals surface area contributed by atoms with Crippen LogP contribution in [-0.2, 0) is 10.0 Å². The third-order valence-corrected chi connectivity index (χ3v) is 5.21. The summed E-state index contributed by atoms with van der Waals surface area (Å²) in [5, 5.41) is 3.05. The van der Waals surface area contributed by atoms with Crippen LogP contribution in [0.15, 0.2) is 23.4 Å². The molecule has 1 aliphatic carbocycles. The molecular formula is C13H21N3O2S. The molecule has 19 heavy (non-hydrogen) atoms. The van der Waals surface area contributed by atoms with E-state index in [-0.39, 0.29) is 10.3 Å². The lowest BCUT2D eigenvalue weighted by molar-refractivity contribution is 0.475. The Hall–Kier alpha value is -1.14. The number of nitrogens with zero attached hydrogens (tertiary/aromatic N) is 1. The smallest absolute Gasteiger partial charge is 0.244 e. The number of hydrogen-bond donors (Lipinski definition) is 2. The molecule has 106 valence electrons. The highest BCUT2D eigenvalue weighted by Gasteiger charge is 2.41. The topological polar surface area (TPSA) is 71.1 Å². The van der Waals surface area contributed by atoms with E-state index in [4.69, 9.17) is 0 Å². The van der Waals surface area contributed by atoms with E-state index in [9.17, 15) is 8.42 Å². The van der Waals surface area contributed by atoms with Crippen molar-refractivity contribution < 1.29 is 8.42 Å². The van der Waals surface area contributed by atoms with Crippen LogP contribution in [0.3, 0.4) is 0 Å².